The third kappa shape index (κ3) is 5.16. The van der Waals surface area contributed by atoms with Gasteiger partial charge in [0.15, 0.2) is 0 Å². The largest absolute Gasteiger partial charge is 0.399 e. The van der Waals surface area contributed by atoms with Crippen molar-refractivity contribution in [3.8, 4) is 0 Å². The second-order valence-corrected chi connectivity index (χ2v) is 8.07. The van der Waals surface area contributed by atoms with E-state index in [9.17, 15) is 8.42 Å². The average molecular weight is 328 g/mol. The van der Waals surface area contributed by atoms with Crippen molar-refractivity contribution in [1.82, 2.24) is 4.72 Å². The van der Waals surface area contributed by atoms with Crippen LogP contribution in [0.3, 0.4) is 0 Å². The number of thiophene rings is 1. The van der Waals surface area contributed by atoms with Gasteiger partial charge in [-0.2, -0.15) is 11.3 Å². The highest BCUT2D eigenvalue weighted by Crippen LogP contribution is 2.20. The fourth-order valence-corrected chi connectivity index (χ4v) is 4.57. The van der Waals surface area contributed by atoms with Crippen LogP contribution in [0.15, 0.2) is 46.0 Å². The first kappa shape index (κ1) is 15.4. The van der Waals surface area contributed by atoms with Gasteiger partial charge in [-0.3, -0.25) is 0 Å². The van der Waals surface area contributed by atoms with Crippen molar-refractivity contribution in [3.05, 3.63) is 46.7 Å². The molecule has 0 aliphatic rings. The highest BCUT2D eigenvalue weighted by molar-refractivity contribution is 8.00. The van der Waals surface area contributed by atoms with E-state index in [0.717, 1.165) is 10.5 Å². The predicted octanol–water partition coefficient (Wildman–Crippen LogP) is 2.54. The van der Waals surface area contributed by atoms with Gasteiger partial charge in [-0.15, -0.1) is 11.8 Å². The molecule has 0 radical (unpaired) electrons. The molecule has 3 N–H and O–H groups in total. The van der Waals surface area contributed by atoms with E-state index in [1.807, 2.05) is 41.1 Å². The minimum absolute atomic E-state index is 0.0939. The maximum atomic E-state index is 11.8. The Morgan fingerprint density at radius 1 is 1.30 bits per heavy atom. The molecule has 108 valence electrons. The summed E-state index contributed by atoms with van der Waals surface area (Å²) in [6, 6.07) is 9.35. The van der Waals surface area contributed by atoms with Crippen LogP contribution in [0.25, 0.3) is 0 Å². The zero-order valence-electron chi connectivity index (χ0n) is 10.8. The molecule has 0 bridgehead atoms. The van der Waals surface area contributed by atoms with E-state index in [1.165, 1.54) is 11.8 Å². The monoisotopic (exact) mass is 328 g/mol. The third-order valence-corrected chi connectivity index (χ3v) is 5.87. The van der Waals surface area contributed by atoms with Gasteiger partial charge in [0.2, 0.25) is 10.0 Å². The first-order valence-corrected chi connectivity index (χ1v) is 9.60. The van der Waals surface area contributed by atoms with Gasteiger partial charge in [0.25, 0.3) is 0 Å². The van der Waals surface area contributed by atoms with E-state index < -0.39 is 10.0 Å². The summed E-state index contributed by atoms with van der Waals surface area (Å²) in [5.74, 6) is 0.596. The Labute approximate surface area is 127 Å². The lowest BCUT2D eigenvalue weighted by molar-refractivity contribution is 0.583. The second kappa shape index (κ2) is 7.12. The van der Waals surface area contributed by atoms with Gasteiger partial charge in [0.1, 0.15) is 0 Å². The number of nitrogen functional groups attached to an aromatic ring is 1. The molecule has 0 aliphatic heterocycles. The smallest absolute Gasteiger partial charge is 0.212 e. The fraction of sp³-hybridized carbons (Fsp3) is 0.231. The van der Waals surface area contributed by atoms with Gasteiger partial charge in [-0.05, 0) is 40.6 Å². The third-order valence-electron chi connectivity index (χ3n) is 2.56. The van der Waals surface area contributed by atoms with Gasteiger partial charge >= 0.3 is 0 Å². The maximum absolute atomic E-state index is 11.8. The molecular formula is C13H16N2O2S3. The molecule has 20 heavy (non-hydrogen) atoms. The molecule has 1 aromatic heterocycles. The van der Waals surface area contributed by atoms with Crippen molar-refractivity contribution in [3.63, 3.8) is 0 Å². The summed E-state index contributed by atoms with van der Waals surface area (Å²) in [6.45, 7) is 0.356. The Bertz CT molecular complexity index is 639. The molecule has 0 saturated heterocycles. The Hall–Kier alpha value is -1.02. The maximum Gasteiger partial charge on any atom is 0.212 e. The highest BCUT2D eigenvalue weighted by atomic mass is 32.2. The van der Waals surface area contributed by atoms with Crippen LogP contribution in [0.4, 0.5) is 5.69 Å². The quantitative estimate of drug-likeness (QED) is 0.605. The van der Waals surface area contributed by atoms with Crippen molar-refractivity contribution >= 4 is 38.8 Å². The number of anilines is 1. The van der Waals surface area contributed by atoms with Crippen molar-refractivity contribution in [2.45, 2.75) is 11.4 Å². The molecule has 2 rings (SSSR count). The minimum atomic E-state index is -3.24. The molecule has 0 fully saturated rings. The van der Waals surface area contributed by atoms with Crippen LogP contribution in [0.1, 0.15) is 5.56 Å². The Kier molecular flexibility index (Phi) is 5.47. The summed E-state index contributed by atoms with van der Waals surface area (Å²) >= 11 is 3.04. The van der Waals surface area contributed by atoms with Crippen LogP contribution in [-0.2, 0) is 16.6 Å². The van der Waals surface area contributed by atoms with Crippen LogP contribution in [0, 0.1) is 0 Å². The molecule has 1 heterocycles. The normalized spacial score (nSPS) is 11.6. The summed E-state index contributed by atoms with van der Waals surface area (Å²) in [5, 5.41) is 3.86. The number of rotatable bonds is 7. The van der Waals surface area contributed by atoms with E-state index in [2.05, 4.69) is 4.72 Å². The van der Waals surface area contributed by atoms with E-state index >= 15 is 0 Å². The van der Waals surface area contributed by atoms with Crippen LogP contribution in [-0.4, -0.2) is 19.9 Å². The topological polar surface area (TPSA) is 72.2 Å². The number of sulfonamides is 1. The summed E-state index contributed by atoms with van der Waals surface area (Å²) in [4.78, 5) is 0.984. The molecule has 0 aliphatic carbocycles. The SMILES string of the molecule is Nc1cccc(SCCS(=O)(=O)NCc2ccsc2)c1. The van der Waals surface area contributed by atoms with Gasteiger partial charge in [-0.25, -0.2) is 13.1 Å². The highest BCUT2D eigenvalue weighted by Gasteiger charge is 2.10. The minimum Gasteiger partial charge on any atom is -0.399 e. The van der Waals surface area contributed by atoms with Crippen molar-refractivity contribution in [2.24, 2.45) is 0 Å². The predicted molar refractivity (Wildman–Crippen MR) is 86.5 cm³/mol. The summed E-state index contributed by atoms with van der Waals surface area (Å²) < 4.78 is 26.3. The summed E-state index contributed by atoms with van der Waals surface area (Å²) in [7, 11) is -3.24. The molecule has 0 atom stereocenters. The number of nitrogens with one attached hydrogen (secondary N) is 1. The van der Waals surface area contributed by atoms with E-state index in [1.54, 1.807) is 11.3 Å². The first-order valence-electron chi connectivity index (χ1n) is 6.02. The lowest BCUT2D eigenvalue weighted by Gasteiger charge is -2.06. The number of nitrogens with two attached hydrogens (primary N) is 1. The number of hydrogen-bond donors (Lipinski definition) is 2. The zero-order valence-corrected chi connectivity index (χ0v) is 13.2. The zero-order chi connectivity index (χ0) is 14.4. The molecule has 7 heteroatoms. The van der Waals surface area contributed by atoms with Crippen molar-refractivity contribution < 1.29 is 8.42 Å². The summed E-state index contributed by atoms with van der Waals surface area (Å²) in [5.41, 5.74) is 7.35. The van der Waals surface area contributed by atoms with Gasteiger partial charge in [0.05, 0.1) is 5.75 Å². The standard InChI is InChI=1S/C13H16N2O2S3/c14-12-2-1-3-13(8-12)19-6-7-20(16,17)15-9-11-4-5-18-10-11/h1-5,8,10,15H,6-7,9,14H2. The number of benzene rings is 1. The van der Waals surface area contributed by atoms with E-state index in [4.69, 9.17) is 5.73 Å². The number of thioether (sulfide) groups is 1. The van der Waals surface area contributed by atoms with Gasteiger partial charge < -0.3 is 5.73 Å². The van der Waals surface area contributed by atoms with Crippen LogP contribution in [0.2, 0.25) is 0 Å². The second-order valence-electron chi connectivity index (χ2n) is 4.19. The first-order chi connectivity index (χ1) is 9.55. The molecule has 2 aromatic rings. The number of hydrogen-bond acceptors (Lipinski definition) is 5. The van der Waals surface area contributed by atoms with Crippen LogP contribution < -0.4 is 10.5 Å². The molecular weight excluding hydrogens is 312 g/mol. The van der Waals surface area contributed by atoms with Crippen molar-refractivity contribution in [1.29, 1.82) is 0 Å². The molecule has 0 saturated carbocycles. The molecule has 1 aromatic carbocycles. The van der Waals surface area contributed by atoms with Crippen LogP contribution >= 0.6 is 23.1 Å². The van der Waals surface area contributed by atoms with Crippen LogP contribution in [0.5, 0.6) is 0 Å². The Morgan fingerprint density at radius 2 is 2.15 bits per heavy atom. The molecule has 0 spiro atoms. The molecule has 0 amide bonds. The Balaban J connectivity index is 1.77. The van der Waals surface area contributed by atoms with E-state index in [0.29, 0.717) is 18.0 Å². The average Bonchev–Trinajstić information content (AvgIpc) is 2.89. The lowest BCUT2D eigenvalue weighted by atomic mass is 10.3. The Morgan fingerprint density at radius 3 is 2.85 bits per heavy atom. The fourth-order valence-electron chi connectivity index (χ4n) is 1.53. The lowest BCUT2D eigenvalue weighted by Crippen LogP contribution is -2.26. The van der Waals surface area contributed by atoms with Gasteiger partial charge in [-0.1, -0.05) is 6.07 Å². The van der Waals surface area contributed by atoms with Crippen molar-refractivity contribution in [2.75, 3.05) is 17.2 Å². The molecule has 0 unspecified atom stereocenters. The van der Waals surface area contributed by atoms with Gasteiger partial charge in [0, 0.05) is 22.9 Å². The molecule has 4 nitrogen and oxygen atoms in total. The summed E-state index contributed by atoms with van der Waals surface area (Å²) in [6.07, 6.45) is 0. The van der Waals surface area contributed by atoms with E-state index in [-0.39, 0.29) is 5.75 Å².